The van der Waals surface area contributed by atoms with Gasteiger partial charge in [-0.15, -0.1) is 6.58 Å². The minimum Gasteiger partial charge on any atom is -0.350 e. The average molecular weight is 351 g/mol. The molecule has 124 valence electrons. The van der Waals surface area contributed by atoms with Gasteiger partial charge in [0.1, 0.15) is 5.82 Å². The number of hydrogen-bond acceptors (Lipinski definition) is 1. The molecule has 25 heavy (non-hydrogen) atoms. The highest BCUT2D eigenvalue weighted by Crippen LogP contribution is 2.35. The fourth-order valence-corrected chi connectivity index (χ4v) is 3.40. The third-order valence-electron chi connectivity index (χ3n) is 4.35. The van der Waals surface area contributed by atoms with Gasteiger partial charge in [-0.05, 0) is 47.5 Å². The highest BCUT2D eigenvalue weighted by Gasteiger charge is 2.20. The minimum absolute atomic E-state index is 0.258. The molecule has 0 aliphatic carbocycles. The first kappa shape index (κ1) is 15.9. The summed E-state index contributed by atoms with van der Waals surface area (Å²) in [6.45, 7) is 5.12. The molecule has 0 unspecified atom stereocenters. The molecule has 4 rings (SSSR count). The van der Waals surface area contributed by atoms with Crippen molar-refractivity contribution in [3.05, 3.63) is 95.0 Å². The van der Waals surface area contributed by atoms with E-state index in [1.165, 1.54) is 12.1 Å². The SMILES string of the molecule is C=CCn1cc2c(c1)-c1ccc(Cl)cc1C(c1ccc(F)cc1)=NC2. The number of hydrogen-bond donors (Lipinski definition) is 0. The summed E-state index contributed by atoms with van der Waals surface area (Å²) in [6, 6.07) is 12.3. The van der Waals surface area contributed by atoms with Crippen LogP contribution in [0.1, 0.15) is 16.7 Å². The summed E-state index contributed by atoms with van der Waals surface area (Å²) in [7, 11) is 0. The Hall–Kier alpha value is -2.65. The molecule has 0 radical (unpaired) electrons. The van der Waals surface area contributed by atoms with Crippen LogP contribution in [0.15, 0.2) is 72.5 Å². The van der Waals surface area contributed by atoms with Gasteiger partial charge < -0.3 is 4.57 Å². The third kappa shape index (κ3) is 2.92. The van der Waals surface area contributed by atoms with Gasteiger partial charge in [-0.25, -0.2) is 4.39 Å². The van der Waals surface area contributed by atoms with Crippen molar-refractivity contribution in [1.29, 1.82) is 0 Å². The van der Waals surface area contributed by atoms with Gasteiger partial charge in [-0.1, -0.05) is 23.7 Å². The Morgan fingerprint density at radius 1 is 1.08 bits per heavy atom. The first-order valence-electron chi connectivity index (χ1n) is 8.06. The number of aromatic nitrogens is 1. The van der Waals surface area contributed by atoms with Crippen molar-refractivity contribution in [3.8, 4) is 11.1 Å². The Balaban J connectivity index is 1.91. The van der Waals surface area contributed by atoms with Crippen LogP contribution in [-0.2, 0) is 13.1 Å². The first-order chi connectivity index (χ1) is 12.2. The average Bonchev–Trinajstić information content (AvgIpc) is 2.93. The summed E-state index contributed by atoms with van der Waals surface area (Å²) >= 11 is 6.26. The van der Waals surface area contributed by atoms with Gasteiger partial charge in [0.25, 0.3) is 0 Å². The molecule has 1 aromatic heterocycles. The van der Waals surface area contributed by atoms with Gasteiger partial charge in [0.05, 0.1) is 12.3 Å². The van der Waals surface area contributed by atoms with E-state index in [0.29, 0.717) is 11.6 Å². The number of rotatable bonds is 3. The van der Waals surface area contributed by atoms with E-state index in [1.807, 2.05) is 24.3 Å². The van der Waals surface area contributed by atoms with E-state index < -0.39 is 0 Å². The zero-order valence-corrected chi connectivity index (χ0v) is 14.3. The van der Waals surface area contributed by atoms with Crippen LogP contribution >= 0.6 is 11.6 Å². The van der Waals surface area contributed by atoms with E-state index in [4.69, 9.17) is 16.6 Å². The fraction of sp³-hybridized carbons (Fsp3) is 0.0952. The van der Waals surface area contributed by atoms with Gasteiger partial charge >= 0.3 is 0 Å². The summed E-state index contributed by atoms with van der Waals surface area (Å²) in [4.78, 5) is 4.82. The van der Waals surface area contributed by atoms with Gasteiger partial charge in [-0.3, -0.25) is 4.99 Å². The lowest BCUT2D eigenvalue weighted by molar-refractivity contribution is 0.628. The third-order valence-corrected chi connectivity index (χ3v) is 4.59. The van der Waals surface area contributed by atoms with Gasteiger partial charge in [-0.2, -0.15) is 0 Å². The number of allylic oxidation sites excluding steroid dienone is 1. The highest BCUT2D eigenvalue weighted by atomic mass is 35.5. The van der Waals surface area contributed by atoms with Crippen molar-refractivity contribution in [2.45, 2.75) is 13.1 Å². The normalized spacial score (nSPS) is 12.8. The number of aliphatic imine (C=N–C) groups is 1. The summed E-state index contributed by atoms with van der Waals surface area (Å²) < 4.78 is 15.4. The smallest absolute Gasteiger partial charge is 0.123 e. The molecular formula is C21H16ClFN2. The molecule has 1 aliphatic heterocycles. The molecule has 3 aromatic rings. The molecule has 2 nitrogen and oxygen atoms in total. The zero-order valence-electron chi connectivity index (χ0n) is 13.5. The summed E-state index contributed by atoms with van der Waals surface area (Å²) in [5, 5.41) is 0.655. The van der Waals surface area contributed by atoms with Crippen molar-refractivity contribution in [2.24, 2.45) is 4.99 Å². The molecule has 0 atom stereocenters. The van der Waals surface area contributed by atoms with Crippen molar-refractivity contribution in [2.75, 3.05) is 0 Å². The van der Waals surface area contributed by atoms with E-state index in [0.717, 1.165) is 40.1 Å². The Morgan fingerprint density at radius 2 is 1.88 bits per heavy atom. The van der Waals surface area contributed by atoms with Crippen LogP contribution in [0.4, 0.5) is 4.39 Å². The van der Waals surface area contributed by atoms with Gasteiger partial charge in [0.2, 0.25) is 0 Å². The van der Waals surface area contributed by atoms with E-state index in [1.54, 1.807) is 12.1 Å². The lowest BCUT2D eigenvalue weighted by Gasteiger charge is -2.11. The van der Waals surface area contributed by atoms with Crippen LogP contribution < -0.4 is 0 Å². The van der Waals surface area contributed by atoms with E-state index in [-0.39, 0.29) is 5.82 Å². The second-order valence-electron chi connectivity index (χ2n) is 6.04. The van der Waals surface area contributed by atoms with Crippen molar-refractivity contribution < 1.29 is 4.39 Å². The maximum absolute atomic E-state index is 13.3. The molecule has 2 heterocycles. The molecule has 4 heteroatoms. The molecule has 0 amide bonds. The van der Waals surface area contributed by atoms with Crippen molar-refractivity contribution >= 4 is 17.3 Å². The molecular weight excluding hydrogens is 335 g/mol. The van der Waals surface area contributed by atoms with Gasteiger partial charge in [0, 0.05) is 40.7 Å². The van der Waals surface area contributed by atoms with Crippen LogP contribution in [0.5, 0.6) is 0 Å². The van der Waals surface area contributed by atoms with Crippen LogP contribution in [0.25, 0.3) is 11.1 Å². The maximum atomic E-state index is 13.3. The molecule has 0 saturated heterocycles. The quantitative estimate of drug-likeness (QED) is 0.556. The predicted octanol–water partition coefficient (Wildman–Crippen LogP) is 5.48. The van der Waals surface area contributed by atoms with Crippen molar-refractivity contribution in [3.63, 3.8) is 0 Å². The Morgan fingerprint density at radius 3 is 2.64 bits per heavy atom. The number of nitrogens with zero attached hydrogens (tertiary/aromatic N) is 2. The topological polar surface area (TPSA) is 17.3 Å². The van der Waals surface area contributed by atoms with E-state index in [2.05, 4.69) is 23.5 Å². The lowest BCUT2D eigenvalue weighted by Crippen LogP contribution is -2.05. The molecule has 0 saturated carbocycles. The van der Waals surface area contributed by atoms with Crippen LogP contribution in [0.3, 0.4) is 0 Å². The second-order valence-corrected chi connectivity index (χ2v) is 6.48. The second kappa shape index (κ2) is 6.34. The Bertz CT molecular complexity index is 984. The number of benzene rings is 2. The number of halogens is 2. The zero-order chi connectivity index (χ0) is 17.4. The van der Waals surface area contributed by atoms with Gasteiger partial charge in [0.15, 0.2) is 0 Å². The van der Waals surface area contributed by atoms with Crippen LogP contribution in [0, 0.1) is 5.82 Å². The van der Waals surface area contributed by atoms with Crippen molar-refractivity contribution in [1.82, 2.24) is 4.57 Å². The van der Waals surface area contributed by atoms with E-state index in [9.17, 15) is 4.39 Å². The molecule has 0 spiro atoms. The summed E-state index contributed by atoms with van der Waals surface area (Å²) in [5.41, 5.74) is 6.08. The maximum Gasteiger partial charge on any atom is 0.123 e. The van der Waals surface area contributed by atoms with E-state index >= 15 is 0 Å². The molecule has 2 aromatic carbocycles. The summed E-state index contributed by atoms with van der Waals surface area (Å²) in [6.07, 6.45) is 6.09. The highest BCUT2D eigenvalue weighted by molar-refractivity contribution is 6.31. The van der Waals surface area contributed by atoms with Crippen LogP contribution in [-0.4, -0.2) is 10.3 Å². The van der Waals surface area contributed by atoms with Crippen LogP contribution in [0.2, 0.25) is 5.02 Å². The summed E-state index contributed by atoms with van der Waals surface area (Å²) in [5.74, 6) is -0.258. The largest absolute Gasteiger partial charge is 0.350 e. The molecule has 0 fully saturated rings. The standard InChI is InChI=1S/C21H16ClFN2/c1-2-9-25-12-15-11-24-21(14-3-6-17(23)7-4-14)19-10-16(22)5-8-18(19)20(15)13-25/h2-8,10,12-13H,1,9,11H2. The minimum atomic E-state index is -0.258. The fourth-order valence-electron chi connectivity index (χ4n) is 3.23. The predicted molar refractivity (Wildman–Crippen MR) is 101 cm³/mol. The Kier molecular flexibility index (Phi) is 4.02. The monoisotopic (exact) mass is 350 g/mol. The lowest BCUT2D eigenvalue weighted by atomic mass is 9.94. The molecule has 0 bridgehead atoms. The Labute approximate surface area is 150 Å². The first-order valence-corrected chi connectivity index (χ1v) is 8.44. The molecule has 0 N–H and O–H groups in total. The molecule has 1 aliphatic rings. The number of fused-ring (bicyclic) bond motifs is 3.